The highest BCUT2D eigenvalue weighted by atomic mass is 127. The average Bonchev–Trinajstić information content (AvgIpc) is 2.66. The van der Waals surface area contributed by atoms with Crippen molar-refractivity contribution in [2.75, 3.05) is 27.4 Å². The molecule has 1 aliphatic heterocycles. The first kappa shape index (κ1) is 22.4. The standard InChI is InChI=1S/C20H23F2N3O2.HI/c1-23-20(25(2)11-14-3-5-17(21)6-4-14)24-8-7-15-9-18(22)10-16-12-26-13-27-19(15)16;/h3-6,9-10H,7-8,11-13H2,1-2H3,(H,23,24);1H. The lowest BCUT2D eigenvalue weighted by Crippen LogP contribution is -2.39. The molecule has 0 saturated heterocycles. The van der Waals surface area contributed by atoms with Crippen LogP contribution in [0.15, 0.2) is 41.4 Å². The Bertz CT molecular complexity index is 816. The van der Waals surface area contributed by atoms with Crippen molar-refractivity contribution in [3.8, 4) is 5.75 Å². The van der Waals surface area contributed by atoms with Crippen molar-refractivity contribution in [1.29, 1.82) is 0 Å². The Morgan fingerprint density at radius 3 is 2.64 bits per heavy atom. The third-order valence-electron chi connectivity index (χ3n) is 4.34. The van der Waals surface area contributed by atoms with Gasteiger partial charge in [-0.25, -0.2) is 8.78 Å². The lowest BCUT2D eigenvalue weighted by atomic mass is 10.1. The van der Waals surface area contributed by atoms with Crippen molar-refractivity contribution >= 4 is 29.9 Å². The molecule has 1 N–H and O–H groups in total. The largest absolute Gasteiger partial charge is 0.467 e. The Hall–Kier alpha value is -1.94. The molecule has 2 aromatic rings. The minimum absolute atomic E-state index is 0. The fraction of sp³-hybridized carbons (Fsp3) is 0.350. The fourth-order valence-electron chi connectivity index (χ4n) is 3.07. The number of halogens is 3. The van der Waals surface area contributed by atoms with E-state index in [1.807, 2.05) is 11.9 Å². The van der Waals surface area contributed by atoms with Crippen molar-refractivity contribution in [3.05, 3.63) is 64.7 Å². The summed E-state index contributed by atoms with van der Waals surface area (Å²) in [6.07, 6.45) is 0.587. The molecule has 0 spiro atoms. The fourth-order valence-corrected chi connectivity index (χ4v) is 3.07. The first-order valence-corrected chi connectivity index (χ1v) is 8.75. The molecular weight excluding hydrogens is 479 g/mol. The Morgan fingerprint density at radius 1 is 1.18 bits per heavy atom. The second-order valence-electron chi connectivity index (χ2n) is 6.37. The van der Waals surface area contributed by atoms with Gasteiger partial charge in [-0.05, 0) is 41.8 Å². The Morgan fingerprint density at radius 2 is 1.93 bits per heavy atom. The van der Waals surface area contributed by atoms with Gasteiger partial charge in [0, 0.05) is 32.7 Å². The molecule has 5 nitrogen and oxygen atoms in total. The molecule has 1 heterocycles. The summed E-state index contributed by atoms with van der Waals surface area (Å²) in [5.74, 6) is 0.860. The minimum atomic E-state index is -0.296. The molecule has 0 saturated carbocycles. The van der Waals surface area contributed by atoms with Gasteiger partial charge in [-0.15, -0.1) is 24.0 Å². The molecular formula is C20H24F2IN3O2. The van der Waals surface area contributed by atoms with Crippen LogP contribution in [0.1, 0.15) is 16.7 Å². The summed E-state index contributed by atoms with van der Waals surface area (Å²) in [6, 6.07) is 9.32. The SMILES string of the molecule is CN=C(NCCc1cc(F)cc2c1OCOC2)N(C)Cc1ccc(F)cc1.I. The monoisotopic (exact) mass is 503 g/mol. The van der Waals surface area contributed by atoms with Crippen LogP contribution in [0.25, 0.3) is 0 Å². The zero-order valence-electron chi connectivity index (χ0n) is 15.9. The van der Waals surface area contributed by atoms with E-state index in [1.165, 1.54) is 24.3 Å². The van der Waals surface area contributed by atoms with Gasteiger partial charge in [-0.1, -0.05) is 12.1 Å². The number of hydrogen-bond donors (Lipinski definition) is 1. The van der Waals surface area contributed by atoms with Crippen LogP contribution in [0.5, 0.6) is 5.75 Å². The highest BCUT2D eigenvalue weighted by molar-refractivity contribution is 14.0. The van der Waals surface area contributed by atoms with Crippen molar-refractivity contribution in [2.24, 2.45) is 4.99 Å². The number of ether oxygens (including phenoxy) is 2. The van der Waals surface area contributed by atoms with Gasteiger partial charge in [0.25, 0.3) is 0 Å². The van der Waals surface area contributed by atoms with Crippen molar-refractivity contribution in [1.82, 2.24) is 10.2 Å². The molecule has 152 valence electrons. The minimum Gasteiger partial charge on any atom is -0.467 e. The molecule has 8 heteroatoms. The summed E-state index contributed by atoms with van der Waals surface area (Å²) in [4.78, 5) is 6.21. The lowest BCUT2D eigenvalue weighted by molar-refractivity contribution is -0.0172. The number of hydrogen-bond acceptors (Lipinski definition) is 3. The van der Waals surface area contributed by atoms with Gasteiger partial charge in [-0.3, -0.25) is 4.99 Å². The summed E-state index contributed by atoms with van der Waals surface area (Å²) >= 11 is 0. The van der Waals surface area contributed by atoms with E-state index in [4.69, 9.17) is 9.47 Å². The first-order chi connectivity index (χ1) is 13.1. The van der Waals surface area contributed by atoms with Crippen LogP contribution in [0, 0.1) is 11.6 Å². The molecule has 0 atom stereocenters. The smallest absolute Gasteiger partial charge is 0.193 e. The number of nitrogens with zero attached hydrogens (tertiary/aromatic N) is 2. The lowest BCUT2D eigenvalue weighted by Gasteiger charge is -2.23. The second-order valence-corrected chi connectivity index (χ2v) is 6.37. The van der Waals surface area contributed by atoms with Crippen LogP contribution in [-0.4, -0.2) is 38.3 Å². The van der Waals surface area contributed by atoms with Crippen LogP contribution >= 0.6 is 24.0 Å². The molecule has 1 aliphatic rings. The van der Waals surface area contributed by atoms with Gasteiger partial charge in [0.05, 0.1) is 6.61 Å². The molecule has 28 heavy (non-hydrogen) atoms. The van der Waals surface area contributed by atoms with Crippen molar-refractivity contribution in [3.63, 3.8) is 0 Å². The predicted molar refractivity (Wildman–Crippen MR) is 115 cm³/mol. The maximum absolute atomic E-state index is 13.8. The topological polar surface area (TPSA) is 46.1 Å². The Balaban J connectivity index is 0.00000280. The van der Waals surface area contributed by atoms with Gasteiger partial charge >= 0.3 is 0 Å². The molecule has 0 fully saturated rings. The van der Waals surface area contributed by atoms with E-state index in [0.717, 1.165) is 16.7 Å². The zero-order chi connectivity index (χ0) is 19.2. The molecule has 2 aromatic carbocycles. The summed E-state index contributed by atoms with van der Waals surface area (Å²) < 4.78 is 37.6. The number of nitrogens with one attached hydrogen (secondary N) is 1. The third kappa shape index (κ3) is 5.78. The van der Waals surface area contributed by atoms with Crippen LogP contribution in [0.4, 0.5) is 8.78 Å². The highest BCUT2D eigenvalue weighted by Crippen LogP contribution is 2.29. The number of guanidine groups is 1. The van der Waals surface area contributed by atoms with Crippen LogP contribution in [-0.2, 0) is 24.3 Å². The highest BCUT2D eigenvalue weighted by Gasteiger charge is 2.17. The van der Waals surface area contributed by atoms with Crippen molar-refractivity contribution in [2.45, 2.75) is 19.6 Å². The van der Waals surface area contributed by atoms with Gasteiger partial charge in [0.1, 0.15) is 17.4 Å². The molecule has 3 rings (SSSR count). The third-order valence-corrected chi connectivity index (χ3v) is 4.34. The van der Waals surface area contributed by atoms with Gasteiger partial charge < -0.3 is 19.7 Å². The molecule has 0 aliphatic carbocycles. The van der Waals surface area contributed by atoms with Gasteiger partial charge in [0.15, 0.2) is 12.8 Å². The number of benzene rings is 2. The van der Waals surface area contributed by atoms with E-state index in [9.17, 15) is 8.78 Å². The molecule has 0 aromatic heterocycles. The number of aliphatic imine (C=N–C) groups is 1. The maximum Gasteiger partial charge on any atom is 0.193 e. The molecule has 0 unspecified atom stereocenters. The van der Waals surface area contributed by atoms with E-state index in [1.54, 1.807) is 19.2 Å². The van der Waals surface area contributed by atoms with Crippen LogP contribution in [0.2, 0.25) is 0 Å². The van der Waals surface area contributed by atoms with Crippen LogP contribution < -0.4 is 10.1 Å². The van der Waals surface area contributed by atoms with Gasteiger partial charge in [0.2, 0.25) is 0 Å². The summed E-state index contributed by atoms with van der Waals surface area (Å²) in [7, 11) is 3.61. The van der Waals surface area contributed by atoms with E-state index in [0.29, 0.717) is 37.8 Å². The Labute approximate surface area is 180 Å². The van der Waals surface area contributed by atoms with E-state index in [-0.39, 0.29) is 42.4 Å². The molecule has 0 amide bonds. The zero-order valence-corrected chi connectivity index (χ0v) is 18.2. The Kier molecular flexibility index (Phi) is 8.43. The summed E-state index contributed by atoms with van der Waals surface area (Å²) in [6.45, 7) is 1.70. The average molecular weight is 503 g/mol. The maximum atomic E-state index is 13.8. The predicted octanol–water partition coefficient (Wildman–Crippen LogP) is 3.70. The second kappa shape index (κ2) is 10.6. The van der Waals surface area contributed by atoms with E-state index in [2.05, 4.69) is 10.3 Å². The van der Waals surface area contributed by atoms with Gasteiger partial charge in [-0.2, -0.15) is 0 Å². The first-order valence-electron chi connectivity index (χ1n) is 8.75. The normalized spacial score (nSPS) is 13.2. The number of fused-ring (bicyclic) bond motifs is 1. The van der Waals surface area contributed by atoms with Crippen molar-refractivity contribution < 1.29 is 18.3 Å². The molecule has 0 bridgehead atoms. The summed E-state index contributed by atoms with van der Waals surface area (Å²) in [5, 5.41) is 3.27. The van der Waals surface area contributed by atoms with E-state index < -0.39 is 0 Å². The van der Waals surface area contributed by atoms with E-state index >= 15 is 0 Å². The summed E-state index contributed by atoms with van der Waals surface area (Å²) in [5.41, 5.74) is 2.51. The van der Waals surface area contributed by atoms with Crippen LogP contribution in [0.3, 0.4) is 0 Å². The quantitative estimate of drug-likeness (QED) is 0.384. The number of rotatable bonds is 5. The molecule has 0 radical (unpaired) electrons.